The summed E-state index contributed by atoms with van der Waals surface area (Å²) in [6, 6.07) is 4.28. The Balaban J connectivity index is 2.56. The molecular weight excluding hydrogens is 322 g/mol. The second-order valence-corrected chi connectivity index (χ2v) is 4.97. The molecule has 0 aromatic heterocycles. The summed E-state index contributed by atoms with van der Waals surface area (Å²) in [6.45, 7) is 3.68. The molecule has 0 saturated carbocycles. The van der Waals surface area contributed by atoms with Crippen LogP contribution in [-0.4, -0.2) is 28.5 Å². The molecule has 0 atom stereocenters. The van der Waals surface area contributed by atoms with Gasteiger partial charge in [0.25, 0.3) is 5.69 Å². The van der Waals surface area contributed by atoms with Gasteiger partial charge in [-0.25, -0.2) is 0 Å². The molecule has 0 unspecified atom stereocenters. The number of carbonyl (C=O) groups is 2. The van der Waals surface area contributed by atoms with Gasteiger partial charge >= 0.3 is 5.97 Å². The fourth-order valence-corrected chi connectivity index (χ4v) is 1.87. The van der Waals surface area contributed by atoms with Crippen molar-refractivity contribution in [1.82, 2.24) is 5.32 Å². The first-order chi connectivity index (χ1) is 10.8. The van der Waals surface area contributed by atoms with Crippen LogP contribution in [0.1, 0.15) is 25.3 Å². The van der Waals surface area contributed by atoms with Crippen LogP contribution >= 0.6 is 12.2 Å². The zero-order valence-corrected chi connectivity index (χ0v) is 13.6. The van der Waals surface area contributed by atoms with Gasteiger partial charge in [-0.05, 0) is 31.6 Å². The maximum atomic E-state index is 11.7. The molecule has 0 aliphatic rings. The Kier molecular flexibility index (Phi) is 7.07. The molecule has 1 aromatic rings. The Morgan fingerprint density at radius 3 is 2.65 bits per heavy atom. The van der Waals surface area contributed by atoms with Crippen molar-refractivity contribution in [3.8, 4) is 0 Å². The number of nitro groups is 1. The number of esters is 1. The number of amides is 1. The number of hydrogen-bond acceptors (Lipinski definition) is 6. The molecule has 0 saturated heterocycles. The van der Waals surface area contributed by atoms with Crippen molar-refractivity contribution >= 4 is 40.6 Å². The average Bonchev–Trinajstić information content (AvgIpc) is 2.47. The van der Waals surface area contributed by atoms with Gasteiger partial charge in [-0.1, -0.05) is 6.07 Å². The minimum Gasteiger partial charge on any atom is -0.466 e. The van der Waals surface area contributed by atoms with Crippen molar-refractivity contribution in [3.05, 3.63) is 33.9 Å². The summed E-state index contributed by atoms with van der Waals surface area (Å²) in [5.74, 6) is -0.908. The van der Waals surface area contributed by atoms with E-state index >= 15 is 0 Å². The number of nitrogens with zero attached hydrogens (tertiary/aromatic N) is 1. The van der Waals surface area contributed by atoms with E-state index < -0.39 is 16.8 Å². The molecule has 0 aliphatic carbocycles. The zero-order chi connectivity index (χ0) is 17.4. The van der Waals surface area contributed by atoms with E-state index in [0.717, 1.165) is 5.56 Å². The first-order valence-electron chi connectivity index (χ1n) is 6.85. The van der Waals surface area contributed by atoms with E-state index in [2.05, 4.69) is 10.6 Å². The van der Waals surface area contributed by atoms with Gasteiger partial charge in [0, 0.05) is 24.2 Å². The first-order valence-corrected chi connectivity index (χ1v) is 7.25. The highest BCUT2D eigenvalue weighted by Crippen LogP contribution is 2.21. The summed E-state index contributed by atoms with van der Waals surface area (Å²) >= 11 is 4.98. The van der Waals surface area contributed by atoms with E-state index in [0.29, 0.717) is 5.69 Å². The number of ether oxygens (including phenoxy) is 1. The van der Waals surface area contributed by atoms with Gasteiger partial charge in [0.05, 0.1) is 18.0 Å². The van der Waals surface area contributed by atoms with Crippen LogP contribution in [0.2, 0.25) is 0 Å². The second kappa shape index (κ2) is 8.79. The predicted octanol–water partition coefficient (Wildman–Crippen LogP) is 2.06. The highest BCUT2D eigenvalue weighted by Gasteiger charge is 2.12. The molecule has 124 valence electrons. The SMILES string of the molecule is CCOC(=O)CCC(=O)NC(=S)Nc1cc([N+](=O)[O-])ccc1C. The number of hydrogen-bond donors (Lipinski definition) is 2. The van der Waals surface area contributed by atoms with E-state index in [4.69, 9.17) is 17.0 Å². The molecule has 0 radical (unpaired) electrons. The lowest BCUT2D eigenvalue weighted by atomic mass is 10.2. The van der Waals surface area contributed by atoms with Crippen LogP contribution < -0.4 is 10.6 Å². The van der Waals surface area contributed by atoms with Gasteiger partial charge < -0.3 is 15.4 Å². The molecule has 0 spiro atoms. The highest BCUT2D eigenvalue weighted by atomic mass is 32.1. The van der Waals surface area contributed by atoms with Crippen LogP contribution in [0.15, 0.2) is 18.2 Å². The Hall–Kier alpha value is -2.55. The topological polar surface area (TPSA) is 111 Å². The van der Waals surface area contributed by atoms with E-state index in [1.54, 1.807) is 19.9 Å². The van der Waals surface area contributed by atoms with Gasteiger partial charge in [-0.2, -0.15) is 0 Å². The Bertz CT molecular complexity index is 633. The number of anilines is 1. The number of benzene rings is 1. The first kappa shape index (κ1) is 18.5. The Morgan fingerprint density at radius 2 is 2.04 bits per heavy atom. The lowest BCUT2D eigenvalue weighted by Gasteiger charge is -2.11. The molecule has 0 heterocycles. The zero-order valence-electron chi connectivity index (χ0n) is 12.8. The number of nitro benzene ring substituents is 1. The average molecular weight is 339 g/mol. The van der Waals surface area contributed by atoms with Crippen molar-refractivity contribution < 1.29 is 19.2 Å². The molecular formula is C14H17N3O5S. The molecule has 1 amide bonds. The number of thiocarbonyl (C=S) groups is 1. The monoisotopic (exact) mass is 339 g/mol. The molecule has 0 fully saturated rings. The lowest BCUT2D eigenvalue weighted by molar-refractivity contribution is -0.384. The second-order valence-electron chi connectivity index (χ2n) is 4.56. The minimum absolute atomic E-state index is 0.00227. The molecule has 9 heteroatoms. The van der Waals surface area contributed by atoms with E-state index in [1.165, 1.54) is 12.1 Å². The van der Waals surface area contributed by atoms with E-state index in [1.807, 2.05) is 0 Å². The van der Waals surface area contributed by atoms with Crippen LogP contribution in [0.5, 0.6) is 0 Å². The Labute approximate surface area is 138 Å². The van der Waals surface area contributed by atoms with Gasteiger partial charge in [-0.3, -0.25) is 19.7 Å². The Morgan fingerprint density at radius 1 is 1.35 bits per heavy atom. The predicted molar refractivity (Wildman–Crippen MR) is 88.1 cm³/mol. The fourth-order valence-electron chi connectivity index (χ4n) is 1.65. The normalized spacial score (nSPS) is 9.83. The molecule has 2 N–H and O–H groups in total. The van der Waals surface area contributed by atoms with Crippen LogP contribution in [0.4, 0.5) is 11.4 Å². The van der Waals surface area contributed by atoms with Crippen LogP contribution in [-0.2, 0) is 14.3 Å². The van der Waals surface area contributed by atoms with E-state index in [-0.39, 0.29) is 30.2 Å². The maximum absolute atomic E-state index is 11.7. The fraction of sp³-hybridized carbons (Fsp3) is 0.357. The highest BCUT2D eigenvalue weighted by molar-refractivity contribution is 7.80. The molecule has 0 aliphatic heterocycles. The number of aryl methyl sites for hydroxylation is 1. The van der Waals surface area contributed by atoms with Gasteiger partial charge in [-0.15, -0.1) is 0 Å². The summed E-state index contributed by atoms with van der Waals surface area (Å²) in [4.78, 5) is 33.1. The third kappa shape index (κ3) is 6.39. The van der Waals surface area contributed by atoms with Crippen LogP contribution in [0, 0.1) is 17.0 Å². The van der Waals surface area contributed by atoms with Gasteiger partial charge in [0.15, 0.2) is 5.11 Å². The van der Waals surface area contributed by atoms with Gasteiger partial charge in [0.2, 0.25) is 5.91 Å². The molecule has 23 heavy (non-hydrogen) atoms. The summed E-state index contributed by atoms with van der Waals surface area (Å²) in [7, 11) is 0. The van der Waals surface area contributed by atoms with Crippen LogP contribution in [0.25, 0.3) is 0 Å². The third-order valence-corrected chi connectivity index (χ3v) is 3.00. The van der Waals surface area contributed by atoms with E-state index in [9.17, 15) is 19.7 Å². The molecule has 1 rings (SSSR count). The molecule has 8 nitrogen and oxygen atoms in total. The summed E-state index contributed by atoms with van der Waals surface area (Å²) < 4.78 is 4.71. The standard InChI is InChI=1S/C14H17N3O5S/c1-3-22-13(19)7-6-12(18)16-14(23)15-11-8-10(17(20)21)5-4-9(11)2/h4-5,8H,3,6-7H2,1-2H3,(H2,15,16,18,23). The van der Waals surface area contributed by atoms with Crippen molar-refractivity contribution in [2.75, 3.05) is 11.9 Å². The van der Waals surface area contributed by atoms with Crippen molar-refractivity contribution in [2.24, 2.45) is 0 Å². The summed E-state index contributed by atoms with van der Waals surface area (Å²) in [5, 5.41) is 15.9. The van der Waals surface area contributed by atoms with Crippen molar-refractivity contribution in [3.63, 3.8) is 0 Å². The third-order valence-electron chi connectivity index (χ3n) is 2.79. The van der Waals surface area contributed by atoms with Crippen LogP contribution in [0.3, 0.4) is 0 Å². The lowest BCUT2D eigenvalue weighted by Crippen LogP contribution is -2.34. The van der Waals surface area contributed by atoms with Gasteiger partial charge in [0.1, 0.15) is 0 Å². The summed E-state index contributed by atoms with van der Waals surface area (Å²) in [6.07, 6.45) is -0.104. The quantitative estimate of drug-likeness (QED) is 0.353. The molecule has 0 bridgehead atoms. The number of non-ortho nitro benzene ring substituents is 1. The minimum atomic E-state index is -0.522. The largest absolute Gasteiger partial charge is 0.466 e. The molecule has 1 aromatic carbocycles. The maximum Gasteiger partial charge on any atom is 0.306 e. The summed E-state index contributed by atoms with van der Waals surface area (Å²) in [5.41, 5.74) is 1.07. The smallest absolute Gasteiger partial charge is 0.306 e. The van der Waals surface area contributed by atoms with Crippen molar-refractivity contribution in [2.45, 2.75) is 26.7 Å². The van der Waals surface area contributed by atoms with Crippen molar-refractivity contribution in [1.29, 1.82) is 0 Å². The number of rotatable bonds is 6. The number of nitrogens with one attached hydrogen (secondary N) is 2. The number of carbonyl (C=O) groups excluding carboxylic acids is 2.